The highest BCUT2D eigenvalue weighted by Crippen LogP contribution is 2.22. The van der Waals surface area contributed by atoms with Crippen molar-refractivity contribution < 1.29 is 13.9 Å². The van der Waals surface area contributed by atoms with E-state index in [0.717, 1.165) is 26.0 Å². The van der Waals surface area contributed by atoms with Crippen LogP contribution in [0, 0.1) is 5.82 Å². The van der Waals surface area contributed by atoms with Crippen molar-refractivity contribution in [2.45, 2.75) is 45.3 Å². The summed E-state index contributed by atoms with van der Waals surface area (Å²) in [4.78, 5) is 0. The smallest absolute Gasteiger partial charge is 0.131 e. The highest BCUT2D eigenvalue weighted by Gasteiger charge is 2.15. The van der Waals surface area contributed by atoms with E-state index in [-0.39, 0.29) is 18.0 Å². The lowest BCUT2D eigenvalue weighted by molar-refractivity contribution is -0.0111. The number of nitrogens with one attached hydrogen (secondary N) is 1. The van der Waals surface area contributed by atoms with Crippen LogP contribution in [0.2, 0.25) is 0 Å². The number of rotatable bonds is 6. The van der Waals surface area contributed by atoms with Crippen LogP contribution in [0.1, 0.15) is 44.7 Å². The van der Waals surface area contributed by atoms with Crippen LogP contribution in [0.25, 0.3) is 0 Å². The highest BCUT2D eigenvalue weighted by molar-refractivity contribution is 5.30. The fraction of sp³-hybridized carbons (Fsp3) is 0.625. The Morgan fingerprint density at radius 1 is 1.45 bits per heavy atom. The van der Waals surface area contributed by atoms with Crippen LogP contribution in [0.5, 0.6) is 5.75 Å². The van der Waals surface area contributed by atoms with Gasteiger partial charge >= 0.3 is 0 Å². The minimum atomic E-state index is -0.222. The van der Waals surface area contributed by atoms with Crippen LogP contribution >= 0.6 is 0 Å². The summed E-state index contributed by atoms with van der Waals surface area (Å²) in [6, 6.07) is 5.09. The van der Waals surface area contributed by atoms with E-state index in [2.05, 4.69) is 5.32 Å². The summed E-state index contributed by atoms with van der Waals surface area (Å²) in [6.45, 7) is 6.09. The summed E-state index contributed by atoms with van der Waals surface area (Å²) < 4.78 is 25.3. The normalized spacial score (nSPS) is 20.6. The second-order valence-corrected chi connectivity index (χ2v) is 5.26. The van der Waals surface area contributed by atoms with E-state index < -0.39 is 0 Å². The highest BCUT2D eigenvalue weighted by atomic mass is 19.1. The number of ether oxygens (including phenoxy) is 2. The maximum atomic E-state index is 14.0. The number of benzene rings is 1. The molecule has 0 aromatic heterocycles. The van der Waals surface area contributed by atoms with Crippen molar-refractivity contribution in [1.29, 1.82) is 0 Å². The quantitative estimate of drug-likeness (QED) is 0.866. The minimum Gasteiger partial charge on any atom is -0.491 e. The van der Waals surface area contributed by atoms with E-state index >= 15 is 0 Å². The zero-order valence-corrected chi connectivity index (χ0v) is 12.3. The molecule has 20 heavy (non-hydrogen) atoms. The number of hydrogen-bond donors (Lipinski definition) is 1. The average Bonchev–Trinajstić information content (AvgIpc) is 2.46. The summed E-state index contributed by atoms with van der Waals surface area (Å²) in [6.07, 6.45) is 3.48. The van der Waals surface area contributed by atoms with E-state index in [9.17, 15) is 4.39 Å². The van der Waals surface area contributed by atoms with Gasteiger partial charge in [0.1, 0.15) is 18.2 Å². The van der Waals surface area contributed by atoms with Gasteiger partial charge < -0.3 is 14.8 Å². The Bertz CT molecular complexity index is 419. The Morgan fingerprint density at radius 2 is 2.30 bits per heavy atom. The van der Waals surface area contributed by atoms with Gasteiger partial charge in [0, 0.05) is 24.3 Å². The van der Waals surface area contributed by atoms with Gasteiger partial charge in [-0.05, 0) is 38.8 Å². The van der Waals surface area contributed by atoms with Crippen molar-refractivity contribution in [3.05, 3.63) is 29.6 Å². The average molecular weight is 281 g/mol. The fourth-order valence-electron chi connectivity index (χ4n) is 2.49. The van der Waals surface area contributed by atoms with E-state index in [1.165, 1.54) is 12.5 Å². The molecule has 1 aliphatic rings. The van der Waals surface area contributed by atoms with Crippen molar-refractivity contribution >= 4 is 0 Å². The molecule has 1 aliphatic heterocycles. The Balaban J connectivity index is 1.91. The summed E-state index contributed by atoms with van der Waals surface area (Å²) in [5.74, 6) is 0.352. The molecule has 1 aromatic carbocycles. The van der Waals surface area contributed by atoms with E-state index in [4.69, 9.17) is 9.47 Å². The van der Waals surface area contributed by atoms with Crippen molar-refractivity contribution in [2.24, 2.45) is 0 Å². The first kappa shape index (κ1) is 15.3. The Morgan fingerprint density at radius 3 is 2.95 bits per heavy atom. The maximum absolute atomic E-state index is 14.0. The molecular formula is C16H24FNO2. The van der Waals surface area contributed by atoms with Crippen molar-refractivity contribution in [3.63, 3.8) is 0 Å². The molecule has 1 aromatic rings. The van der Waals surface area contributed by atoms with Crippen molar-refractivity contribution in [3.8, 4) is 5.75 Å². The number of halogens is 1. The zero-order chi connectivity index (χ0) is 14.4. The maximum Gasteiger partial charge on any atom is 0.131 e. The SMILES string of the molecule is CCNC(C)c1ccc(OCC2CCCCO2)cc1F. The van der Waals surface area contributed by atoms with E-state index in [0.29, 0.717) is 17.9 Å². The third kappa shape index (κ3) is 4.18. The topological polar surface area (TPSA) is 30.5 Å². The molecule has 0 aliphatic carbocycles. The Kier molecular flexibility index (Phi) is 5.80. The Labute approximate surface area is 120 Å². The molecular weight excluding hydrogens is 257 g/mol. The van der Waals surface area contributed by atoms with Gasteiger partial charge in [0.05, 0.1) is 6.10 Å². The van der Waals surface area contributed by atoms with E-state index in [1.54, 1.807) is 6.07 Å². The fourth-order valence-corrected chi connectivity index (χ4v) is 2.49. The molecule has 2 atom stereocenters. The second-order valence-electron chi connectivity index (χ2n) is 5.26. The van der Waals surface area contributed by atoms with Crippen LogP contribution in [0.15, 0.2) is 18.2 Å². The molecule has 0 amide bonds. The molecule has 2 rings (SSSR count). The van der Waals surface area contributed by atoms with Gasteiger partial charge in [-0.15, -0.1) is 0 Å². The predicted octanol–water partition coefficient (Wildman–Crippen LogP) is 3.44. The molecule has 0 radical (unpaired) electrons. The van der Waals surface area contributed by atoms with Crippen LogP contribution in [-0.4, -0.2) is 25.9 Å². The van der Waals surface area contributed by atoms with Gasteiger partial charge in [0.2, 0.25) is 0 Å². The molecule has 2 unspecified atom stereocenters. The molecule has 3 nitrogen and oxygen atoms in total. The largest absolute Gasteiger partial charge is 0.491 e. The molecule has 1 saturated heterocycles. The Hall–Kier alpha value is -1.13. The predicted molar refractivity (Wildman–Crippen MR) is 77.6 cm³/mol. The molecule has 0 saturated carbocycles. The molecule has 112 valence electrons. The van der Waals surface area contributed by atoms with E-state index in [1.807, 2.05) is 19.9 Å². The minimum absolute atomic E-state index is 0.00993. The van der Waals surface area contributed by atoms with Gasteiger partial charge in [0.25, 0.3) is 0 Å². The van der Waals surface area contributed by atoms with Gasteiger partial charge in [-0.3, -0.25) is 0 Å². The monoisotopic (exact) mass is 281 g/mol. The van der Waals surface area contributed by atoms with Crippen molar-refractivity contribution in [1.82, 2.24) is 5.32 Å². The first-order valence-electron chi connectivity index (χ1n) is 7.48. The van der Waals surface area contributed by atoms with Crippen LogP contribution in [0.3, 0.4) is 0 Å². The molecule has 0 bridgehead atoms. The molecule has 1 N–H and O–H groups in total. The summed E-state index contributed by atoms with van der Waals surface area (Å²) in [7, 11) is 0. The van der Waals surface area contributed by atoms with Gasteiger partial charge in [-0.2, -0.15) is 0 Å². The summed E-state index contributed by atoms with van der Waals surface area (Å²) in [5, 5.41) is 3.20. The van der Waals surface area contributed by atoms with Crippen LogP contribution in [-0.2, 0) is 4.74 Å². The molecule has 4 heteroatoms. The molecule has 1 heterocycles. The summed E-state index contributed by atoms with van der Waals surface area (Å²) >= 11 is 0. The second kappa shape index (κ2) is 7.60. The molecule has 0 spiro atoms. The van der Waals surface area contributed by atoms with Gasteiger partial charge in [-0.25, -0.2) is 4.39 Å². The van der Waals surface area contributed by atoms with Crippen LogP contribution < -0.4 is 10.1 Å². The third-order valence-corrected chi connectivity index (χ3v) is 3.66. The van der Waals surface area contributed by atoms with Crippen LogP contribution in [0.4, 0.5) is 4.39 Å². The van der Waals surface area contributed by atoms with Gasteiger partial charge in [-0.1, -0.05) is 13.0 Å². The third-order valence-electron chi connectivity index (χ3n) is 3.66. The lowest BCUT2D eigenvalue weighted by atomic mass is 10.1. The first-order chi connectivity index (χ1) is 9.70. The zero-order valence-electron chi connectivity index (χ0n) is 12.3. The standard InChI is InChI=1S/C16H24FNO2/c1-3-18-12(2)15-8-7-13(10-16(15)17)20-11-14-6-4-5-9-19-14/h7-8,10,12,14,18H,3-6,9,11H2,1-2H3. The summed E-state index contributed by atoms with van der Waals surface area (Å²) in [5.41, 5.74) is 0.674. The molecule has 1 fully saturated rings. The first-order valence-corrected chi connectivity index (χ1v) is 7.48. The number of hydrogen-bond acceptors (Lipinski definition) is 3. The lowest BCUT2D eigenvalue weighted by Crippen LogP contribution is -2.25. The van der Waals surface area contributed by atoms with Crippen molar-refractivity contribution in [2.75, 3.05) is 19.8 Å². The van der Waals surface area contributed by atoms with Gasteiger partial charge in [0.15, 0.2) is 0 Å². The lowest BCUT2D eigenvalue weighted by Gasteiger charge is -2.22.